The number of aliphatic imine (C=N–C) groups is 1. The Morgan fingerprint density at radius 1 is 1.19 bits per heavy atom. The quantitative estimate of drug-likeness (QED) is 0.626. The molecule has 2 heterocycles. The molecule has 0 N–H and O–H groups in total. The second-order valence-electron chi connectivity index (χ2n) is 6.74. The van der Waals surface area contributed by atoms with Crippen molar-refractivity contribution >= 4 is 46.2 Å². The van der Waals surface area contributed by atoms with Crippen LogP contribution in [0.4, 0.5) is 5.69 Å². The van der Waals surface area contributed by atoms with Crippen molar-refractivity contribution in [3.05, 3.63) is 64.3 Å². The van der Waals surface area contributed by atoms with Crippen LogP contribution in [0.5, 0.6) is 0 Å². The number of rotatable bonds is 3. The van der Waals surface area contributed by atoms with Crippen molar-refractivity contribution in [1.82, 2.24) is 9.88 Å². The molecule has 1 aromatic heterocycles. The first-order valence-electron chi connectivity index (χ1n) is 9.18. The lowest BCUT2D eigenvalue weighted by Gasteiger charge is -2.30. The van der Waals surface area contributed by atoms with Gasteiger partial charge in [-0.2, -0.15) is 0 Å². The lowest BCUT2D eigenvalue weighted by atomic mass is 9.94. The summed E-state index contributed by atoms with van der Waals surface area (Å²) in [5.41, 5.74) is 1.68. The van der Waals surface area contributed by atoms with Crippen LogP contribution in [-0.4, -0.2) is 27.0 Å². The Kier molecular flexibility index (Phi) is 5.60. The van der Waals surface area contributed by atoms with E-state index < -0.39 is 0 Å². The number of nitrogens with zero attached hydrogens (tertiary/aromatic N) is 3. The summed E-state index contributed by atoms with van der Waals surface area (Å²) in [5.74, 6) is 0.0366. The van der Waals surface area contributed by atoms with Crippen molar-refractivity contribution in [3.8, 4) is 0 Å². The minimum absolute atomic E-state index is 0.0366. The standard InChI is InChI=1S/C21H20ClN3OS/c22-16-7-4-6-15(12-16)13-19-20(26)25(18-9-2-1-3-10-18)21(27-19)24-17-8-5-11-23-14-17/h4-8,11-14,18H,1-3,9-10H2/b19-13-,24-21?. The number of benzene rings is 1. The van der Waals surface area contributed by atoms with Gasteiger partial charge in [-0.1, -0.05) is 43.0 Å². The van der Waals surface area contributed by atoms with E-state index in [1.54, 1.807) is 12.4 Å². The maximum Gasteiger partial charge on any atom is 0.267 e. The number of carbonyl (C=O) groups excluding carboxylic acids is 1. The maximum absolute atomic E-state index is 13.2. The van der Waals surface area contributed by atoms with Crippen LogP contribution in [0.3, 0.4) is 0 Å². The third-order valence-electron chi connectivity index (χ3n) is 4.79. The summed E-state index contributed by atoms with van der Waals surface area (Å²) < 4.78 is 0. The molecule has 1 aliphatic heterocycles. The molecule has 4 nitrogen and oxygen atoms in total. The number of thioether (sulfide) groups is 1. The second kappa shape index (κ2) is 8.28. The molecule has 138 valence electrons. The monoisotopic (exact) mass is 397 g/mol. The van der Waals surface area contributed by atoms with Gasteiger partial charge in [-0.05, 0) is 60.5 Å². The minimum atomic E-state index is 0.0366. The molecule has 1 aromatic carbocycles. The molecule has 2 fully saturated rings. The summed E-state index contributed by atoms with van der Waals surface area (Å²) in [4.78, 5) is 24.6. The van der Waals surface area contributed by atoms with E-state index in [0.29, 0.717) is 9.93 Å². The fraction of sp³-hybridized carbons (Fsp3) is 0.286. The number of halogens is 1. The fourth-order valence-corrected chi connectivity index (χ4v) is 4.76. The Bertz CT molecular complexity index is 891. The maximum atomic E-state index is 13.2. The van der Waals surface area contributed by atoms with Crippen LogP contribution >= 0.6 is 23.4 Å². The highest BCUT2D eigenvalue weighted by Crippen LogP contribution is 2.38. The molecule has 2 aliphatic rings. The zero-order valence-electron chi connectivity index (χ0n) is 14.8. The van der Waals surface area contributed by atoms with Gasteiger partial charge in [0.2, 0.25) is 0 Å². The minimum Gasteiger partial charge on any atom is -0.283 e. The summed E-state index contributed by atoms with van der Waals surface area (Å²) in [5, 5.41) is 1.40. The number of amidine groups is 1. The van der Waals surface area contributed by atoms with Crippen molar-refractivity contribution in [3.63, 3.8) is 0 Å². The molecule has 1 saturated heterocycles. The van der Waals surface area contributed by atoms with Gasteiger partial charge >= 0.3 is 0 Å². The van der Waals surface area contributed by atoms with Crippen molar-refractivity contribution in [1.29, 1.82) is 0 Å². The molecule has 0 radical (unpaired) electrons. The first-order chi connectivity index (χ1) is 13.2. The predicted octanol–water partition coefficient (Wildman–Crippen LogP) is 5.67. The van der Waals surface area contributed by atoms with Gasteiger partial charge in [0.05, 0.1) is 16.8 Å². The highest BCUT2D eigenvalue weighted by Gasteiger charge is 2.38. The molecule has 2 aromatic rings. The molecule has 0 unspecified atom stereocenters. The Labute approximate surface area is 168 Å². The van der Waals surface area contributed by atoms with Crippen LogP contribution in [0.1, 0.15) is 37.7 Å². The van der Waals surface area contributed by atoms with Gasteiger partial charge in [0.1, 0.15) is 0 Å². The van der Waals surface area contributed by atoms with E-state index >= 15 is 0 Å². The van der Waals surface area contributed by atoms with Crippen LogP contribution < -0.4 is 0 Å². The number of hydrogen-bond acceptors (Lipinski definition) is 4. The van der Waals surface area contributed by atoms with Crippen LogP contribution in [0, 0.1) is 0 Å². The Hall–Kier alpha value is -2.11. The average Bonchev–Trinajstić information content (AvgIpc) is 2.98. The molecule has 4 rings (SSSR count). The van der Waals surface area contributed by atoms with Gasteiger partial charge in [-0.3, -0.25) is 14.7 Å². The number of hydrogen-bond donors (Lipinski definition) is 0. The summed E-state index contributed by atoms with van der Waals surface area (Å²) in [6.45, 7) is 0. The van der Waals surface area contributed by atoms with Crippen LogP contribution in [0.25, 0.3) is 6.08 Å². The number of pyridine rings is 1. The Morgan fingerprint density at radius 3 is 2.78 bits per heavy atom. The largest absolute Gasteiger partial charge is 0.283 e. The van der Waals surface area contributed by atoms with Crippen molar-refractivity contribution in [2.24, 2.45) is 4.99 Å². The zero-order chi connectivity index (χ0) is 18.6. The van der Waals surface area contributed by atoms with E-state index in [-0.39, 0.29) is 11.9 Å². The summed E-state index contributed by atoms with van der Waals surface area (Å²) in [6.07, 6.45) is 11.0. The topological polar surface area (TPSA) is 45.6 Å². The van der Waals surface area contributed by atoms with Gasteiger partial charge in [-0.25, -0.2) is 4.99 Å². The van der Waals surface area contributed by atoms with E-state index in [0.717, 1.165) is 42.1 Å². The molecule has 0 bridgehead atoms. The molecule has 6 heteroatoms. The average molecular weight is 398 g/mol. The van der Waals surface area contributed by atoms with Gasteiger partial charge in [0, 0.05) is 17.3 Å². The van der Waals surface area contributed by atoms with Gasteiger partial charge in [0.15, 0.2) is 5.17 Å². The number of aromatic nitrogens is 1. The van der Waals surface area contributed by atoms with Gasteiger partial charge < -0.3 is 0 Å². The fourth-order valence-electron chi connectivity index (χ4n) is 3.50. The molecule has 1 saturated carbocycles. The number of amides is 1. The first-order valence-corrected chi connectivity index (χ1v) is 10.4. The van der Waals surface area contributed by atoms with Crippen LogP contribution in [0.2, 0.25) is 5.02 Å². The third-order valence-corrected chi connectivity index (χ3v) is 6.01. The highest BCUT2D eigenvalue weighted by molar-refractivity contribution is 8.18. The third kappa shape index (κ3) is 4.25. The lowest BCUT2D eigenvalue weighted by Crippen LogP contribution is -2.40. The lowest BCUT2D eigenvalue weighted by molar-refractivity contribution is -0.124. The Morgan fingerprint density at radius 2 is 2.04 bits per heavy atom. The molecular weight excluding hydrogens is 378 g/mol. The van der Waals surface area contributed by atoms with Crippen molar-refractivity contribution in [2.75, 3.05) is 0 Å². The van der Waals surface area contributed by atoms with Crippen LogP contribution in [0.15, 0.2) is 58.7 Å². The summed E-state index contributed by atoms with van der Waals surface area (Å²) in [7, 11) is 0. The smallest absolute Gasteiger partial charge is 0.267 e. The van der Waals surface area contributed by atoms with Crippen molar-refractivity contribution < 1.29 is 4.79 Å². The SMILES string of the molecule is O=C1/C(=C/c2cccc(Cl)c2)SC(=Nc2cccnc2)N1C1CCCCC1. The molecule has 1 aliphatic carbocycles. The molecule has 0 atom stereocenters. The molecule has 27 heavy (non-hydrogen) atoms. The number of carbonyl (C=O) groups is 1. The van der Waals surface area contributed by atoms with E-state index in [1.807, 2.05) is 47.4 Å². The van der Waals surface area contributed by atoms with E-state index in [4.69, 9.17) is 16.6 Å². The normalized spacial score (nSPS) is 21.4. The van der Waals surface area contributed by atoms with Gasteiger partial charge in [0.25, 0.3) is 5.91 Å². The highest BCUT2D eigenvalue weighted by atomic mass is 35.5. The molecule has 0 spiro atoms. The van der Waals surface area contributed by atoms with E-state index in [1.165, 1.54) is 18.2 Å². The van der Waals surface area contributed by atoms with Crippen LogP contribution in [-0.2, 0) is 4.79 Å². The second-order valence-corrected chi connectivity index (χ2v) is 8.18. The predicted molar refractivity (Wildman–Crippen MR) is 112 cm³/mol. The summed E-state index contributed by atoms with van der Waals surface area (Å²) >= 11 is 7.52. The van der Waals surface area contributed by atoms with Gasteiger partial charge in [-0.15, -0.1) is 0 Å². The van der Waals surface area contributed by atoms with E-state index in [9.17, 15) is 4.79 Å². The summed E-state index contributed by atoms with van der Waals surface area (Å²) in [6, 6.07) is 11.5. The van der Waals surface area contributed by atoms with E-state index in [2.05, 4.69) is 4.98 Å². The first kappa shape index (κ1) is 18.3. The molecular formula is C21H20ClN3OS. The molecule has 1 amide bonds. The van der Waals surface area contributed by atoms with Crippen molar-refractivity contribution in [2.45, 2.75) is 38.1 Å². The Balaban J connectivity index is 1.69. The zero-order valence-corrected chi connectivity index (χ0v) is 16.4.